The molecule has 2 aromatic rings. The van der Waals surface area contributed by atoms with Gasteiger partial charge >= 0.3 is 0 Å². The molecule has 0 fully saturated rings. The van der Waals surface area contributed by atoms with Crippen LogP contribution in [-0.2, 0) is 20.0 Å². The minimum Gasteiger partial charge on any atom is -0.490 e. The van der Waals surface area contributed by atoms with E-state index in [4.69, 9.17) is 4.74 Å². The quantitative estimate of drug-likeness (QED) is 0.852. The molecule has 0 atom stereocenters. The van der Waals surface area contributed by atoms with Crippen LogP contribution < -0.4 is 10.1 Å². The highest BCUT2D eigenvalue weighted by molar-refractivity contribution is 5.35. The predicted molar refractivity (Wildman–Crippen MR) is 80.8 cm³/mol. The maximum Gasteiger partial charge on any atom is 0.165 e. The fraction of sp³-hybridized carbons (Fsp3) is 0.438. The number of benzene rings is 1. The van der Waals surface area contributed by atoms with Gasteiger partial charge in [-0.05, 0) is 12.1 Å². The molecule has 0 radical (unpaired) electrons. The molecule has 2 rings (SSSR count). The number of aromatic nitrogens is 2. The van der Waals surface area contributed by atoms with Crippen LogP contribution in [0.1, 0.15) is 25.1 Å². The Morgan fingerprint density at radius 1 is 1.33 bits per heavy atom. The number of rotatable bonds is 7. The van der Waals surface area contributed by atoms with Gasteiger partial charge in [-0.15, -0.1) is 0 Å². The number of hydrogen-bond acceptors (Lipinski definition) is 3. The van der Waals surface area contributed by atoms with Crippen molar-refractivity contribution in [3.8, 4) is 5.75 Å². The van der Waals surface area contributed by atoms with E-state index in [2.05, 4.69) is 24.3 Å². The first-order valence-corrected chi connectivity index (χ1v) is 7.18. The summed E-state index contributed by atoms with van der Waals surface area (Å²) in [6, 6.07) is 7.30. The second kappa shape index (κ2) is 7.22. The Kier molecular flexibility index (Phi) is 5.33. The topological polar surface area (TPSA) is 39.1 Å². The lowest BCUT2D eigenvalue weighted by atomic mass is 10.2. The first-order valence-electron chi connectivity index (χ1n) is 7.18. The Morgan fingerprint density at radius 2 is 2.14 bits per heavy atom. The van der Waals surface area contributed by atoms with Crippen molar-refractivity contribution in [2.45, 2.75) is 32.9 Å². The summed E-state index contributed by atoms with van der Waals surface area (Å²) in [7, 11) is 1.89. The van der Waals surface area contributed by atoms with Gasteiger partial charge in [0.15, 0.2) is 11.6 Å². The SMILES string of the molecule is CC(C)NCc1cccc(F)c1OCCc1ccnn1C. The Bertz CT molecular complexity index is 581. The maximum atomic E-state index is 13.9. The molecule has 0 aliphatic carbocycles. The number of hydrogen-bond donors (Lipinski definition) is 1. The summed E-state index contributed by atoms with van der Waals surface area (Å²) >= 11 is 0. The van der Waals surface area contributed by atoms with Gasteiger partial charge in [0.1, 0.15) is 0 Å². The molecule has 1 aromatic carbocycles. The summed E-state index contributed by atoms with van der Waals surface area (Å²) < 4.78 is 21.4. The third-order valence-corrected chi connectivity index (χ3v) is 3.28. The lowest BCUT2D eigenvalue weighted by Crippen LogP contribution is -2.22. The van der Waals surface area contributed by atoms with Crippen molar-refractivity contribution in [2.24, 2.45) is 7.05 Å². The van der Waals surface area contributed by atoms with Crippen molar-refractivity contribution in [3.05, 3.63) is 47.5 Å². The van der Waals surface area contributed by atoms with Crippen molar-refractivity contribution in [2.75, 3.05) is 6.61 Å². The number of halogens is 1. The van der Waals surface area contributed by atoms with Crippen LogP contribution in [0.2, 0.25) is 0 Å². The van der Waals surface area contributed by atoms with Crippen molar-refractivity contribution < 1.29 is 9.13 Å². The second-order valence-corrected chi connectivity index (χ2v) is 5.31. The molecule has 1 N–H and O–H groups in total. The van der Waals surface area contributed by atoms with Gasteiger partial charge in [0.05, 0.1) is 6.61 Å². The van der Waals surface area contributed by atoms with E-state index in [0.717, 1.165) is 11.3 Å². The maximum absolute atomic E-state index is 13.9. The third kappa shape index (κ3) is 4.29. The number of para-hydroxylation sites is 1. The van der Waals surface area contributed by atoms with Crippen LogP contribution in [0.5, 0.6) is 5.75 Å². The normalized spacial score (nSPS) is 11.1. The van der Waals surface area contributed by atoms with Crippen molar-refractivity contribution in [1.82, 2.24) is 15.1 Å². The lowest BCUT2D eigenvalue weighted by molar-refractivity contribution is 0.297. The van der Waals surface area contributed by atoms with Gasteiger partial charge < -0.3 is 10.1 Å². The molecular formula is C16H22FN3O. The van der Waals surface area contributed by atoms with Crippen LogP contribution in [-0.4, -0.2) is 22.4 Å². The summed E-state index contributed by atoms with van der Waals surface area (Å²) in [5.74, 6) is 0.0240. The number of aryl methyl sites for hydroxylation is 1. The minimum atomic E-state index is -0.317. The van der Waals surface area contributed by atoms with E-state index in [0.29, 0.717) is 31.4 Å². The number of nitrogens with zero attached hydrogens (tertiary/aromatic N) is 2. The van der Waals surface area contributed by atoms with Crippen LogP contribution in [0.15, 0.2) is 30.5 Å². The van der Waals surface area contributed by atoms with Gasteiger partial charge in [-0.2, -0.15) is 5.10 Å². The fourth-order valence-corrected chi connectivity index (χ4v) is 2.07. The highest BCUT2D eigenvalue weighted by atomic mass is 19.1. The molecule has 4 nitrogen and oxygen atoms in total. The Balaban J connectivity index is 1.99. The third-order valence-electron chi connectivity index (χ3n) is 3.28. The summed E-state index contributed by atoms with van der Waals surface area (Å²) in [6.45, 7) is 5.13. The molecule has 0 saturated carbocycles. The molecule has 0 amide bonds. The van der Waals surface area contributed by atoms with Gasteiger partial charge in [0, 0.05) is 43.5 Å². The molecule has 0 saturated heterocycles. The van der Waals surface area contributed by atoms with Gasteiger partial charge in [-0.1, -0.05) is 26.0 Å². The fourth-order valence-electron chi connectivity index (χ4n) is 2.07. The zero-order valence-electron chi connectivity index (χ0n) is 12.8. The zero-order valence-corrected chi connectivity index (χ0v) is 12.8. The van der Waals surface area contributed by atoms with Crippen LogP contribution in [0.3, 0.4) is 0 Å². The average molecular weight is 291 g/mol. The molecule has 0 aliphatic heterocycles. The molecule has 0 spiro atoms. The summed E-state index contributed by atoms with van der Waals surface area (Å²) in [4.78, 5) is 0. The van der Waals surface area contributed by atoms with E-state index in [1.165, 1.54) is 6.07 Å². The molecule has 0 aliphatic rings. The molecule has 0 bridgehead atoms. The number of ether oxygens (including phenoxy) is 1. The second-order valence-electron chi connectivity index (χ2n) is 5.31. The highest BCUT2D eigenvalue weighted by Crippen LogP contribution is 2.23. The van der Waals surface area contributed by atoms with E-state index in [9.17, 15) is 4.39 Å². The number of nitrogens with one attached hydrogen (secondary N) is 1. The first-order chi connectivity index (χ1) is 10.1. The lowest BCUT2D eigenvalue weighted by Gasteiger charge is -2.14. The van der Waals surface area contributed by atoms with Crippen LogP contribution >= 0.6 is 0 Å². The Morgan fingerprint density at radius 3 is 2.81 bits per heavy atom. The summed E-state index contributed by atoms with van der Waals surface area (Å²) in [6.07, 6.45) is 2.44. The van der Waals surface area contributed by atoms with Crippen LogP contribution in [0, 0.1) is 5.82 Å². The smallest absolute Gasteiger partial charge is 0.165 e. The van der Waals surface area contributed by atoms with Gasteiger partial charge in [-0.25, -0.2) is 4.39 Å². The minimum absolute atomic E-state index is 0.317. The summed E-state index contributed by atoms with van der Waals surface area (Å²) in [5.41, 5.74) is 1.90. The molecule has 1 heterocycles. The zero-order chi connectivity index (χ0) is 15.2. The predicted octanol–water partition coefficient (Wildman–Crippen LogP) is 2.68. The van der Waals surface area contributed by atoms with Crippen molar-refractivity contribution >= 4 is 0 Å². The van der Waals surface area contributed by atoms with E-state index >= 15 is 0 Å². The van der Waals surface area contributed by atoms with Crippen LogP contribution in [0.25, 0.3) is 0 Å². The average Bonchev–Trinajstić information content (AvgIpc) is 2.84. The van der Waals surface area contributed by atoms with E-state index < -0.39 is 0 Å². The Labute approximate surface area is 124 Å². The monoisotopic (exact) mass is 291 g/mol. The standard InChI is InChI=1S/C16H22FN3O/c1-12(2)18-11-13-5-4-6-15(17)16(13)21-10-8-14-7-9-19-20(14)3/h4-7,9,12,18H,8,10-11H2,1-3H3. The molecule has 5 heteroatoms. The van der Waals surface area contributed by atoms with Crippen LogP contribution in [0.4, 0.5) is 4.39 Å². The molecular weight excluding hydrogens is 269 g/mol. The molecule has 21 heavy (non-hydrogen) atoms. The van der Waals surface area contributed by atoms with Crippen molar-refractivity contribution in [1.29, 1.82) is 0 Å². The van der Waals surface area contributed by atoms with Gasteiger partial charge in [-0.3, -0.25) is 4.68 Å². The van der Waals surface area contributed by atoms with E-state index in [-0.39, 0.29) is 5.82 Å². The summed E-state index contributed by atoms with van der Waals surface area (Å²) in [5, 5.41) is 7.38. The van der Waals surface area contributed by atoms with Gasteiger partial charge in [0.25, 0.3) is 0 Å². The van der Waals surface area contributed by atoms with E-state index in [1.54, 1.807) is 16.9 Å². The Hall–Kier alpha value is -1.88. The van der Waals surface area contributed by atoms with Gasteiger partial charge in [0.2, 0.25) is 0 Å². The molecule has 114 valence electrons. The van der Waals surface area contributed by atoms with Crippen molar-refractivity contribution in [3.63, 3.8) is 0 Å². The highest BCUT2D eigenvalue weighted by Gasteiger charge is 2.10. The van der Waals surface area contributed by atoms with E-state index in [1.807, 2.05) is 19.2 Å². The molecule has 1 aromatic heterocycles. The largest absolute Gasteiger partial charge is 0.490 e. The first kappa shape index (κ1) is 15.5. The molecule has 0 unspecified atom stereocenters.